The van der Waals surface area contributed by atoms with Gasteiger partial charge in [-0.05, 0) is 141 Å². The van der Waals surface area contributed by atoms with Crippen LogP contribution < -0.4 is 5.11 Å². The molecule has 9 nitrogen and oxygen atoms in total. The number of aliphatic carboxylic acids is 1. The molecular weight excluding hydrogens is 1170 g/mol. The minimum absolute atomic E-state index is 0.133. The summed E-state index contributed by atoms with van der Waals surface area (Å²) in [5, 5.41) is 11.8. The molecule has 0 rings (SSSR count). The fourth-order valence-corrected chi connectivity index (χ4v) is 9.69. The normalized spacial score (nSPS) is 13.8. The lowest BCUT2D eigenvalue weighted by Crippen LogP contribution is -2.44. The summed E-state index contributed by atoms with van der Waals surface area (Å²) >= 11 is 0. The van der Waals surface area contributed by atoms with Crippen molar-refractivity contribution in [3.8, 4) is 0 Å². The molecule has 0 aromatic rings. The van der Waals surface area contributed by atoms with E-state index in [1.54, 1.807) is 0 Å². The number of esters is 2. The van der Waals surface area contributed by atoms with Crippen LogP contribution in [0.25, 0.3) is 0 Å². The van der Waals surface area contributed by atoms with Crippen LogP contribution in [0.5, 0.6) is 0 Å². The number of ether oxygens (including phenoxy) is 4. The molecule has 0 aromatic heterocycles. The average molecular weight is 1310 g/mol. The van der Waals surface area contributed by atoms with E-state index in [1.165, 1.54) is 89.9 Å². The van der Waals surface area contributed by atoms with Crippen molar-refractivity contribution < 1.29 is 42.9 Å². The summed E-state index contributed by atoms with van der Waals surface area (Å²) in [6.45, 7) is 4.48. The number of likely N-dealkylation sites (N-methyl/N-ethyl adjacent to an activating group) is 1. The van der Waals surface area contributed by atoms with E-state index in [-0.39, 0.29) is 38.6 Å². The Hall–Kier alpha value is -5.87. The van der Waals surface area contributed by atoms with Crippen LogP contribution in [0.15, 0.2) is 194 Å². The van der Waals surface area contributed by atoms with Gasteiger partial charge in [-0.3, -0.25) is 9.59 Å². The van der Waals surface area contributed by atoms with Crippen molar-refractivity contribution in [3.63, 3.8) is 0 Å². The molecule has 0 heterocycles. The van der Waals surface area contributed by atoms with Gasteiger partial charge in [-0.1, -0.05) is 311 Å². The van der Waals surface area contributed by atoms with Gasteiger partial charge < -0.3 is 33.3 Å². The summed E-state index contributed by atoms with van der Waals surface area (Å²) in [6, 6.07) is 0. The first-order valence-electron chi connectivity index (χ1n) is 37.6. The van der Waals surface area contributed by atoms with E-state index in [4.69, 9.17) is 18.9 Å². The molecule has 0 aliphatic carbocycles. The standard InChI is InChI=1S/C86H137NO8/c1-6-8-10-12-14-16-18-20-22-24-26-28-30-32-34-36-38-40-42-44-46-48-50-52-54-56-58-60-62-64-66-68-70-72-74-76-83(88)93-80-82(81-94-86(85(90)91)92-79-78-87(3,4)5)95-84(89)77-75-73-71-69-67-65-63-61-59-57-55-53-51-49-47-45-43-41-39-37-35-33-31-29-27-25-23-21-19-17-15-13-11-9-7-2/h8-11,14-17,20-23,26-29,32-35,38-41,45,47,51,53,57,59,63,65,82,86H,6-7,12-13,18-19,24-25,30-31,36-37,42-44,46,48-50,52,54-56,58,60-62,64,66-81H2,1-5H3/b10-8-,11-9-,16-14-,17-15-,22-20-,23-21-,28-26-,29-27-,34-32-,35-33-,40-38-,41-39-,47-45-,53-51-,59-57-,65-63-. The molecule has 0 amide bonds. The number of carboxylic acids is 1. The van der Waals surface area contributed by atoms with Crippen molar-refractivity contribution in [3.05, 3.63) is 194 Å². The van der Waals surface area contributed by atoms with Gasteiger partial charge in [-0.2, -0.15) is 0 Å². The van der Waals surface area contributed by atoms with Crippen LogP contribution in [-0.4, -0.2) is 82.3 Å². The minimum Gasteiger partial charge on any atom is -0.545 e. The third kappa shape index (κ3) is 75.4. The Morgan fingerprint density at radius 1 is 0.316 bits per heavy atom. The molecule has 0 saturated carbocycles. The molecule has 0 spiro atoms. The lowest BCUT2D eigenvalue weighted by atomic mass is 10.0. The number of rotatable bonds is 67. The van der Waals surface area contributed by atoms with Crippen LogP contribution in [0.1, 0.15) is 271 Å². The number of carboxylic acid groups (broad SMARTS) is 1. The van der Waals surface area contributed by atoms with Gasteiger partial charge in [0.05, 0.1) is 40.3 Å². The lowest BCUT2D eigenvalue weighted by molar-refractivity contribution is -0.870. The second-order valence-corrected chi connectivity index (χ2v) is 25.5. The number of hydrogen-bond acceptors (Lipinski definition) is 8. The van der Waals surface area contributed by atoms with E-state index in [9.17, 15) is 19.5 Å². The molecule has 0 saturated heterocycles. The first-order chi connectivity index (χ1) is 46.6. The molecule has 95 heavy (non-hydrogen) atoms. The van der Waals surface area contributed by atoms with Crippen LogP contribution in [0.4, 0.5) is 0 Å². The predicted octanol–water partition coefficient (Wildman–Crippen LogP) is 22.8. The molecular formula is C86H137NO8. The largest absolute Gasteiger partial charge is 0.545 e. The highest BCUT2D eigenvalue weighted by atomic mass is 16.7. The minimum atomic E-state index is -1.64. The summed E-state index contributed by atoms with van der Waals surface area (Å²) < 4.78 is 22.8. The molecule has 0 radical (unpaired) electrons. The molecule has 9 heteroatoms. The van der Waals surface area contributed by atoms with Crippen molar-refractivity contribution in [1.82, 2.24) is 0 Å². The van der Waals surface area contributed by atoms with Crippen LogP contribution in [0.2, 0.25) is 0 Å². The zero-order chi connectivity index (χ0) is 69.0. The third-order valence-electron chi connectivity index (χ3n) is 15.3. The summed E-state index contributed by atoms with van der Waals surface area (Å²) in [7, 11) is 5.91. The molecule has 534 valence electrons. The molecule has 0 bridgehead atoms. The van der Waals surface area contributed by atoms with Crippen molar-refractivity contribution in [2.45, 2.75) is 283 Å². The molecule has 2 unspecified atom stereocenters. The third-order valence-corrected chi connectivity index (χ3v) is 15.3. The number of quaternary nitrogens is 1. The topological polar surface area (TPSA) is 111 Å². The van der Waals surface area contributed by atoms with Crippen molar-refractivity contribution in [1.29, 1.82) is 0 Å². The van der Waals surface area contributed by atoms with Crippen LogP contribution in [0, 0.1) is 0 Å². The molecule has 0 aromatic carbocycles. The zero-order valence-corrected chi connectivity index (χ0v) is 61.0. The number of allylic oxidation sites excluding steroid dienone is 32. The van der Waals surface area contributed by atoms with Gasteiger partial charge in [0.15, 0.2) is 12.4 Å². The van der Waals surface area contributed by atoms with E-state index in [0.29, 0.717) is 17.4 Å². The highest BCUT2D eigenvalue weighted by molar-refractivity contribution is 5.70. The van der Waals surface area contributed by atoms with Crippen molar-refractivity contribution in [2.75, 3.05) is 47.5 Å². The smallest absolute Gasteiger partial charge is 0.306 e. The van der Waals surface area contributed by atoms with E-state index < -0.39 is 24.3 Å². The maximum atomic E-state index is 12.9. The summed E-state index contributed by atoms with van der Waals surface area (Å²) in [4.78, 5) is 37.6. The second-order valence-electron chi connectivity index (χ2n) is 25.5. The second kappa shape index (κ2) is 73.9. The zero-order valence-electron chi connectivity index (χ0n) is 61.0. The quantitative estimate of drug-likeness (QED) is 0.0195. The highest BCUT2D eigenvalue weighted by Gasteiger charge is 2.22. The number of carbonyl (C=O) groups is 3. The first kappa shape index (κ1) is 89.1. The number of unbranched alkanes of at least 4 members (excludes halogenated alkanes) is 20. The summed E-state index contributed by atoms with van der Waals surface area (Å²) in [6.07, 6.45) is 111. The molecule has 0 aliphatic rings. The fourth-order valence-electron chi connectivity index (χ4n) is 9.69. The maximum absolute atomic E-state index is 12.9. The molecule has 0 aliphatic heterocycles. The predicted molar refractivity (Wildman–Crippen MR) is 407 cm³/mol. The van der Waals surface area contributed by atoms with Crippen LogP contribution in [-0.2, 0) is 33.3 Å². The summed E-state index contributed by atoms with van der Waals surface area (Å²) in [5.74, 6) is -2.33. The highest BCUT2D eigenvalue weighted by Crippen LogP contribution is 2.16. The Kier molecular flexibility index (Phi) is 69.4. The van der Waals surface area contributed by atoms with Gasteiger partial charge in [-0.15, -0.1) is 0 Å². The van der Waals surface area contributed by atoms with Gasteiger partial charge in [0.1, 0.15) is 13.2 Å². The fraction of sp³-hybridized carbons (Fsp3) is 0.593. The van der Waals surface area contributed by atoms with Crippen molar-refractivity contribution in [2.24, 2.45) is 0 Å². The van der Waals surface area contributed by atoms with E-state index in [2.05, 4.69) is 208 Å². The number of hydrogen-bond donors (Lipinski definition) is 0. The molecule has 0 N–H and O–H groups in total. The Labute approximate surface area is 582 Å². The van der Waals surface area contributed by atoms with Gasteiger partial charge in [-0.25, -0.2) is 0 Å². The van der Waals surface area contributed by atoms with Gasteiger partial charge in [0, 0.05) is 12.8 Å². The van der Waals surface area contributed by atoms with Gasteiger partial charge in [0.2, 0.25) is 0 Å². The van der Waals surface area contributed by atoms with Crippen LogP contribution in [0.3, 0.4) is 0 Å². The maximum Gasteiger partial charge on any atom is 0.306 e. The monoisotopic (exact) mass is 1310 g/mol. The Morgan fingerprint density at radius 3 is 0.842 bits per heavy atom. The Balaban J connectivity index is 4.19. The van der Waals surface area contributed by atoms with Crippen molar-refractivity contribution >= 4 is 17.9 Å². The molecule has 0 fully saturated rings. The van der Waals surface area contributed by atoms with E-state index >= 15 is 0 Å². The Morgan fingerprint density at radius 2 is 0.568 bits per heavy atom. The van der Waals surface area contributed by atoms with Crippen LogP contribution >= 0.6 is 0 Å². The van der Waals surface area contributed by atoms with Gasteiger partial charge in [0.25, 0.3) is 0 Å². The van der Waals surface area contributed by atoms with E-state index in [1.807, 2.05) is 21.1 Å². The lowest BCUT2D eigenvalue weighted by Gasteiger charge is -2.26. The SMILES string of the molecule is CC/C=C\C/C=C\C/C=C\C/C=C\C/C=C\C/C=C\C/C=C\C/C=C\C/C=C\C/C=C\CCCCCCC(=O)OC(COC(=O)CCCCCCCCCCCCCCCCCC/C=C\C/C=C\C/C=C\C/C=C\C/C=C\C/C=C\CC)COC(OCC[N+](C)(C)C)C(=O)[O-]. The number of nitrogens with zero attached hydrogens (tertiary/aromatic N) is 1. The summed E-state index contributed by atoms with van der Waals surface area (Å²) in [5.41, 5.74) is 0. The van der Waals surface area contributed by atoms with Gasteiger partial charge >= 0.3 is 11.9 Å². The number of carbonyl (C=O) groups excluding carboxylic acids is 3. The molecule has 2 atom stereocenters. The van der Waals surface area contributed by atoms with E-state index in [0.717, 1.165) is 148 Å². The average Bonchev–Trinajstić information content (AvgIpc) is 3.58. The Bertz CT molecular complexity index is 2270. The first-order valence-corrected chi connectivity index (χ1v) is 37.6.